The van der Waals surface area contributed by atoms with Gasteiger partial charge in [-0.25, -0.2) is 0 Å². The molecule has 0 fully saturated rings. The number of hydrogen-bond acceptors (Lipinski definition) is 1. The van der Waals surface area contributed by atoms with Crippen LogP contribution in [0.25, 0.3) is 0 Å². The zero-order chi connectivity index (χ0) is 12.5. The van der Waals surface area contributed by atoms with E-state index in [9.17, 15) is 4.79 Å². The van der Waals surface area contributed by atoms with Gasteiger partial charge in [0.2, 0.25) is 5.91 Å². The Morgan fingerprint density at radius 3 is 2.61 bits per heavy atom. The number of benzene rings is 2. The summed E-state index contributed by atoms with van der Waals surface area (Å²) in [5, 5.41) is 2.93. The van der Waals surface area contributed by atoms with Gasteiger partial charge in [-0.05, 0) is 29.7 Å². The van der Waals surface area contributed by atoms with Gasteiger partial charge in [-0.2, -0.15) is 0 Å². The van der Waals surface area contributed by atoms with Gasteiger partial charge in [-0.1, -0.05) is 52.3 Å². The van der Waals surface area contributed by atoms with Crippen LogP contribution in [-0.4, -0.2) is 5.91 Å². The third-order valence-electron chi connectivity index (χ3n) is 3.29. The minimum Gasteiger partial charge on any atom is -0.325 e. The molecule has 1 heterocycles. The van der Waals surface area contributed by atoms with Crippen molar-refractivity contribution in [3.05, 3.63) is 64.1 Å². The fourth-order valence-electron chi connectivity index (χ4n) is 2.36. The molecule has 0 saturated heterocycles. The van der Waals surface area contributed by atoms with Crippen molar-refractivity contribution >= 4 is 27.5 Å². The fraction of sp³-hybridized carbons (Fsp3) is 0.133. The Bertz CT molecular complexity index is 609. The molecule has 0 aromatic heterocycles. The second-order valence-electron chi connectivity index (χ2n) is 4.42. The first-order chi connectivity index (χ1) is 8.75. The summed E-state index contributed by atoms with van der Waals surface area (Å²) >= 11 is 3.53. The summed E-state index contributed by atoms with van der Waals surface area (Å²) in [6.45, 7) is 0. The first-order valence-corrected chi connectivity index (χ1v) is 6.68. The van der Waals surface area contributed by atoms with Crippen molar-refractivity contribution in [2.45, 2.75) is 12.3 Å². The van der Waals surface area contributed by atoms with E-state index in [0.29, 0.717) is 0 Å². The molecular formula is C15H12BrNO. The molecule has 1 amide bonds. The molecule has 2 aromatic carbocycles. The smallest absolute Gasteiger partial charge is 0.232 e. The van der Waals surface area contributed by atoms with Gasteiger partial charge in [-0.3, -0.25) is 4.79 Å². The van der Waals surface area contributed by atoms with Crippen LogP contribution in [0.2, 0.25) is 0 Å². The zero-order valence-electron chi connectivity index (χ0n) is 9.69. The van der Waals surface area contributed by atoms with E-state index in [0.717, 1.165) is 27.7 Å². The molecule has 1 atom stereocenters. The van der Waals surface area contributed by atoms with E-state index in [-0.39, 0.29) is 11.8 Å². The predicted molar refractivity (Wildman–Crippen MR) is 75.7 cm³/mol. The Kier molecular flexibility index (Phi) is 2.92. The van der Waals surface area contributed by atoms with Gasteiger partial charge in [-0.15, -0.1) is 0 Å². The van der Waals surface area contributed by atoms with Crippen molar-refractivity contribution in [2.24, 2.45) is 0 Å². The average Bonchev–Trinajstić information content (AvgIpc) is 2.69. The van der Waals surface area contributed by atoms with E-state index in [4.69, 9.17) is 0 Å². The Morgan fingerprint density at radius 1 is 1.06 bits per heavy atom. The van der Waals surface area contributed by atoms with Crippen molar-refractivity contribution < 1.29 is 4.79 Å². The van der Waals surface area contributed by atoms with Crippen LogP contribution in [0, 0.1) is 0 Å². The zero-order valence-corrected chi connectivity index (χ0v) is 11.3. The first-order valence-electron chi connectivity index (χ1n) is 5.89. The van der Waals surface area contributed by atoms with Gasteiger partial charge in [0, 0.05) is 10.2 Å². The Morgan fingerprint density at radius 2 is 1.78 bits per heavy atom. The van der Waals surface area contributed by atoms with E-state index < -0.39 is 0 Å². The number of amides is 1. The van der Waals surface area contributed by atoms with Crippen LogP contribution in [0.5, 0.6) is 0 Å². The van der Waals surface area contributed by atoms with Gasteiger partial charge >= 0.3 is 0 Å². The normalized spacial score (nSPS) is 17.4. The molecule has 0 radical (unpaired) electrons. The summed E-state index contributed by atoms with van der Waals surface area (Å²) < 4.78 is 1.06. The highest BCUT2D eigenvalue weighted by molar-refractivity contribution is 9.10. The molecule has 0 aliphatic carbocycles. The quantitative estimate of drug-likeness (QED) is 0.900. The van der Waals surface area contributed by atoms with Crippen LogP contribution in [0.1, 0.15) is 17.0 Å². The predicted octanol–water partition coefficient (Wildman–Crippen LogP) is 3.73. The highest BCUT2D eigenvalue weighted by Gasteiger charge is 2.30. The van der Waals surface area contributed by atoms with Gasteiger partial charge in [0.1, 0.15) is 0 Å². The molecular weight excluding hydrogens is 290 g/mol. The number of rotatable bonds is 2. The summed E-state index contributed by atoms with van der Waals surface area (Å²) in [6, 6.07) is 15.9. The maximum Gasteiger partial charge on any atom is 0.232 e. The number of carbonyl (C=O) groups is 1. The molecule has 2 aromatic rings. The highest BCUT2D eigenvalue weighted by Crippen LogP contribution is 2.35. The summed E-state index contributed by atoms with van der Waals surface area (Å²) in [4.78, 5) is 12.0. The molecule has 3 heteroatoms. The van der Waals surface area contributed by atoms with E-state index in [2.05, 4.69) is 27.3 Å². The highest BCUT2D eigenvalue weighted by atomic mass is 79.9. The molecule has 2 nitrogen and oxygen atoms in total. The number of nitrogens with one attached hydrogen (secondary N) is 1. The lowest BCUT2D eigenvalue weighted by molar-refractivity contribution is -0.117. The van der Waals surface area contributed by atoms with Crippen LogP contribution in [0.4, 0.5) is 5.69 Å². The molecule has 0 saturated carbocycles. The SMILES string of the molecule is O=C1Nc2ccccc2C1Cc1ccccc1Br. The number of para-hydroxylation sites is 1. The first kappa shape index (κ1) is 11.5. The second-order valence-corrected chi connectivity index (χ2v) is 5.28. The molecule has 90 valence electrons. The second kappa shape index (κ2) is 4.58. The minimum absolute atomic E-state index is 0.0834. The minimum atomic E-state index is -0.0834. The lowest BCUT2D eigenvalue weighted by atomic mass is 9.93. The van der Waals surface area contributed by atoms with Crippen LogP contribution < -0.4 is 5.32 Å². The number of anilines is 1. The van der Waals surface area contributed by atoms with Gasteiger partial charge in [0.05, 0.1) is 5.92 Å². The van der Waals surface area contributed by atoms with Crippen LogP contribution in [-0.2, 0) is 11.2 Å². The largest absolute Gasteiger partial charge is 0.325 e. The molecule has 0 spiro atoms. The lowest BCUT2D eigenvalue weighted by Crippen LogP contribution is -2.14. The van der Waals surface area contributed by atoms with Crippen LogP contribution in [0.15, 0.2) is 53.0 Å². The maximum absolute atomic E-state index is 12.0. The standard InChI is InChI=1S/C15H12BrNO/c16-13-7-3-1-5-10(13)9-12-11-6-2-4-8-14(11)17-15(12)18/h1-8,12H,9H2,(H,17,18). The Balaban J connectivity index is 1.94. The molecule has 1 N–H and O–H groups in total. The maximum atomic E-state index is 12.0. The molecule has 1 unspecified atom stereocenters. The van der Waals surface area contributed by atoms with Crippen molar-refractivity contribution in [3.63, 3.8) is 0 Å². The van der Waals surface area contributed by atoms with Crippen molar-refractivity contribution in [2.75, 3.05) is 5.32 Å². The van der Waals surface area contributed by atoms with Gasteiger partial charge in [0.15, 0.2) is 0 Å². The van der Waals surface area contributed by atoms with Gasteiger partial charge < -0.3 is 5.32 Å². The summed E-state index contributed by atoms with van der Waals surface area (Å²) in [7, 11) is 0. The number of fused-ring (bicyclic) bond motifs is 1. The summed E-state index contributed by atoms with van der Waals surface area (Å²) in [5.41, 5.74) is 3.20. The third-order valence-corrected chi connectivity index (χ3v) is 4.07. The van der Waals surface area contributed by atoms with Crippen molar-refractivity contribution in [1.82, 2.24) is 0 Å². The topological polar surface area (TPSA) is 29.1 Å². The monoisotopic (exact) mass is 301 g/mol. The van der Waals surface area contributed by atoms with E-state index in [1.54, 1.807) is 0 Å². The molecule has 0 bridgehead atoms. The molecule has 1 aliphatic rings. The van der Waals surface area contributed by atoms with E-state index >= 15 is 0 Å². The molecule has 18 heavy (non-hydrogen) atoms. The van der Waals surface area contributed by atoms with E-state index in [1.165, 1.54) is 0 Å². The van der Waals surface area contributed by atoms with Crippen LogP contribution >= 0.6 is 15.9 Å². The van der Waals surface area contributed by atoms with Gasteiger partial charge in [0.25, 0.3) is 0 Å². The fourth-order valence-corrected chi connectivity index (χ4v) is 2.81. The Hall–Kier alpha value is -1.61. The van der Waals surface area contributed by atoms with E-state index in [1.807, 2.05) is 42.5 Å². The number of carbonyl (C=O) groups excluding carboxylic acids is 1. The van der Waals surface area contributed by atoms with Crippen LogP contribution in [0.3, 0.4) is 0 Å². The number of hydrogen-bond donors (Lipinski definition) is 1. The lowest BCUT2D eigenvalue weighted by Gasteiger charge is -2.10. The molecule has 3 rings (SSSR count). The van der Waals surface area contributed by atoms with Crippen molar-refractivity contribution in [3.8, 4) is 0 Å². The summed E-state index contributed by atoms with van der Waals surface area (Å²) in [5.74, 6) is 0.00635. The van der Waals surface area contributed by atoms with Crippen molar-refractivity contribution in [1.29, 1.82) is 0 Å². The number of halogens is 1. The Labute approximate surface area is 114 Å². The summed E-state index contributed by atoms with van der Waals surface area (Å²) in [6.07, 6.45) is 0.726. The average molecular weight is 302 g/mol. The molecule has 1 aliphatic heterocycles. The third kappa shape index (κ3) is 1.95.